The maximum atomic E-state index is 12.3. The Labute approximate surface area is 183 Å². The van der Waals surface area contributed by atoms with E-state index >= 15 is 0 Å². The summed E-state index contributed by atoms with van der Waals surface area (Å²) in [5.41, 5.74) is -0.310. The van der Waals surface area contributed by atoms with Crippen molar-refractivity contribution in [2.75, 3.05) is 53.6 Å². The molecule has 0 bridgehead atoms. The average Bonchev–Trinajstić information content (AvgIpc) is 2.95. The van der Waals surface area contributed by atoms with Gasteiger partial charge in [-0.1, -0.05) is 0 Å². The number of aromatic hydroxyl groups is 1. The third-order valence-electron chi connectivity index (χ3n) is 4.79. The maximum absolute atomic E-state index is 12.3. The Hall–Kier alpha value is -2.68. The van der Waals surface area contributed by atoms with Crippen LogP contribution in [0.15, 0.2) is 12.1 Å². The van der Waals surface area contributed by atoms with Crippen molar-refractivity contribution >= 4 is 12.1 Å². The number of methoxy groups -OCH3 is 2. The summed E-state index contributed by atoms with van der Waals surface area (Å²) < 4.78 is 21.0. The Morgan fingerprint density at radius 3 is 2.45 bits per heavy atom. The first kappa shape index (κ1) is 24.6. The van der Waals surface area contributed by atoms with Crippen LogP contribution in [0.5, 0.6) is 17.2 Å². The van der Waals surface area contributed by atoms with E-state index in [2.05, 4.69) is 4.90 Å². The van der Waals surface area contributed by atoms with Crippen molar-refractivity contribution in [3.05, 3.63) is 17.7 Å². The highest BCUT2D eigenvalue weighted by Crippen LogP contribution is 2.37. The zero-order valence-electron chi connectivity index (χ0n) is 19.1. The van der Waals surface area contributed by atoms with Gasteiger partial charge in [0.1, 0.15) is 5.60 Å². The minimum absolute atomic E-state index is 0.167. The van der Waals surface area contributed by atoms with Crippen LogP contribution in [0.4, 0.5) is 4.79 Å². The summed E-state index contributed by atoms with van der Waals surface area (Å²) in [4.78, 5) is 28.5. The minimum Gasteiger partial charge on any atom is -0.504 e. The molecule has 1 aromatic carbocycles. The van der Waals surface area contributed by atoms with E-state index in [0.717, 1.165) is 26.1 Å². The molecule has 174 valence electrons. The molecule has 1 N–H and O–H groups in total. The Kier molecular flexibility index (Phi) is 8.79. The van der Waals surface area contributed by atoms with Crippen LogP contribution in [0, 0.1) is 0 Å². The summed E-state index contributed by atoms with van der Waals surface area (Å²) in [5.74, 6) is -0.301. The molecule has 1 amide bonds. The van der Waals surface area contributed by atoms with Gasteiger partial charge in [0.25, 0.3) is 0 Å². The number of amides is 1. The first-order chi connectivity index (χ1) is 14.6. The van der Waals surface area contributed by atoms with Crippen molar-refractivity contribution in [2.24, 2.45) is 0 Å². The lowest BCUT2D eigenvalue weighted by atomic mass is 10.2. The molecule has 0 saturated carbocycles. The number of carbonyl (C=O) groups excluding carboxylic acids is 2. The topological polar surface area (TPSA) is 97.8 Å². The molecular formula is C22H34N2O7. The van der Waals surface area contributed by atoms with Crippen molar-refractivity contribution < 1.29 is 33.6 Å². The molecule has 0 aliphatic carbocycles. The van der Waals surface area contributed by atoms with E-state index in [9.17, 15) is 14.7 Å². The predicted molar refractivity (Wildman–Crippen MR) is 115 cm³/mol. The Bertz CT molecular complexity index is 761. The summed E-state index contributed by atoms with van der Waals surface area (Å²) in [5, 5.41) is 9.99. The summed E-state index contributed by atoms with van der Waals surface area (Å²) in [7, 11) is 2.84. The SMILES string of the molecule is COc1cc(C(=O)OCCCN2CCCN(C(=O)OC(C)(C)C)CC2)cc(O)c1OC. The zero-order chi connectivity index (χ0) is 23.0. The molecule has 0 aromatic heterocycles. The van der Waals surface area contributed by atoms with Crippen molar-refractivity contribution in [1.82, 2.24) is 9.80 Å². The van der Waals surface area contributed by atoms with Crippen molar-refractivity contribution in [1.29, 1.82) is 0 Å². The van der Waals surface area contributed by atoms with Crippen molar-refractivity contribution in [3.8, 4) is 17.2 Å². The van der Waals surface area contributed by atoms with Gasteiger partial charge in [0.2, 0.25) is 5.75 Å². The minimum atomic E-state index is -0.539. The molecule has 9 heteroatoms. The Morgan fingerprint density at radius 1 is 1.06 bits per heavy atom. The normalized spacial score (nSPS) is 15.2. The molecule has 1 aliphatic heterocycles. The number of benzene rings is 1. The van der Waals surface area contributed by atoms with Gasteiger partial charge in [0.15, 0.2) is 11.5 Å². The summed E-state index contributed by atoms with van der Waals surface area (Å²) in [6, 6.07) is 2.77. The van der Waals surface area contributed by atoms with Crippen LogP contribution in [0.25, 0.3) is 0 Å². The van der Waals surface area contributed by atoms with E-state index in [1.807, 2.05) is 20.8 Å². The fraction of sp³-hybridized carbons (Fsp3) is 0.636. The van der Waals surface area contributed by atoms with Crippen LogP contribution in [-0.4, -0.2) is 86.1 Å². The fourth-order valence-electron chi connectivity index (χ4n) is 3.30. The van der Waals surface area contributed by atoms with Crippen molar-refractivity contribution in [3.63, 3.8) is 0 Å². The molecular weight excluding hydrogens is 404 g/mol. The summed E-state index contributed by atoms with van der Waals surface area (Å²) >= 11 is 0. The summed E-state index contributed by atoms with van der Waals surface area (Å²) in [6.45, 7) is 9.49. The molecule has 1 aromatic rings. The lowest BCUT2D eigenvalue weighted by Crippen LogP contribution is -2.39. The fourth-order valence-corrected chi connectivity index (χ4v) is 3.30. The Balaban J connectivity index is 1.77. The molecule has 1 fully saturated rings. The second-order valence-electron chi connectivity index (χ2n) is 8.38. The van der Waals surface area contributed by atoms with E-state index < -0.39 is 11.6 Å². The first-order valence-electron chi connectivity index (χ1n) is 10.5. The molecule has 0 unspecified atom stereocenters. The molecule has 9 nitrogen and oxygen atoms in total. The van der Waals surface area contributed by atoms with Crippen LogP contribution in [0.2, 0.25) is 0 Å². The lowest BCUT2D eigenvalue weighted by Gasteiger charge is -2.26. The monoisotopic (exact) mass is 438 g/mol. The number of nitrogens with zero attached hydrogens (tertiary/aromatic N) is 2. The van der Waals surface area contributed by atoms with Crippen LogP contribution in [0.1, 0.15) is 44.0 Å². The molecule has 0 atom stereocenters. The summed E-state index contributed by atoms with van der Waals surface area (Å²) in [6.07, 6.45) is 1.25. The van der Waals surface area contributed by atoms with Gasteiger partial charge in [-0.25, -0.2) is 9.59 Å². The third kappa shape index (κ3) is 7.50. The quantitative estimate of drug-likeness (QED) is 0.513. The molecule has 1 heterocycles. The van der Waals surface area contributed by atoms with Crippen LogP contribution in [0.3, 0.4) is 0 Å². The van der Waals surface area contributed by atoms with E-state index in [1.54, 1.807) is 4.90 Å². The molecule has 0 radical (unpaired) electrons. The molecule has 2 rings (SSSR count). The largest absolute Gasteiger partial charge is 0.504 e. The third-order valence-corrected chi connectivity index (χ3v) is 4.79. The molecule has 1 aliphatic rings. The van der Waals surface area contributed by atoms with Gasteiger partial charge in [-0.15, -0.1) is 0 Å². The number of ether oxygens (including phenoxy) is 4. The number of esters is 1. The second-order valence-corrected chi connectivity index (χ2v) is 8.38. The number of hydrogen-bond donors (Lipinski definition) is 1. The number of rotatable bonds is 7. The lowest BCUT2D eigenvalue weighted by molar-refractivity contribution is 0.0255. The van der Waals surface area contributed by atoms with Gasteiger partial charge in [-0.3, -0.25) is 0 Å². The van der Waals surface area contributed by atoms with Crippen LogP contribution >= 0.6 is 0 Å². The highest BCUT2D eigenvalue weighted by Gasteiger charge is 2.24. The van der Waals surface area contributed by atoms with Crippen molar-refractivity contribution in [2.45, 2.75) is 39.2 Å². The standard InChI is InChI=1S/C22H34N2O7/c1-22(2,3)31-21(27)24-10-6-8-23(11-12-24)9-7-13-30-20(26)16-14-17(25)19(29-5)18(15-16)28-4/h14-15,25H,6-13H2,1-5H3. The Morgan fingerprint density at radius 2 is 1.81 bits per heavy atom. The van der Waals surface area contributed by atoms with Gasteiger partial charge >= 0.3 is 12.1 Å². The van der Waals surface area contributed by atoms with Crippen LogP contribution in [-0.2, 0) is 9.47 Å². The number of carbonyl (C=O) groups is 2. The van der Waals surface area contributed by atoms with E-state index in [-0.39, 0.29) is 35.5 Å². The molecule has 0 spiro atoms. The van der Waals surface area contributed by atoms with E-state index in [1.165, 1.54) is 26.4 Å². The smallest absolute Gasteiger partial charge is 0.410 e. The predicted octanol–water partition coefficient (Wildman–Crippen LogP) is 2.90. The molecule has 31 heavy (non-hydrogen) atoms. The highest BCUT2D eigenvalue weighted by atomic mass is 16.6. The van der Waals surface area contributed by atoms with Gasteiger partial charge in [-0.05, 0) is 52.3 Å². The maximum Gasteiger partial charge on any atom is 0.410 e. The highest BCUT2D eigenvalue weighted by molar-refractivity contribution is 5.91. The van der Waals surface area contributed by atoms with Crippen LogP contribution < -0.4 is 9.47 Å². The first-order valence-corrected chi connectivity index (χ1v) is 10.5. The van der Waals surface area contributed by atoms with E-state index in [4.69, 9.17) is 18.9 Å². The van der Waals surface area contributed by atoms with Gasteiger partial charge in [-0.2, -0.15) is 0 Å². The number of phenols is 1. The zero-order valence-corrected chi connectivity index (χ0v) is 19.1. The number of hydrogen-bond acceptors (Lipinski definition) is 8. The van der Waals surface area contributed by atoms with Gasteiger partial charge in [0, 0.05) is 26.2 Å². The number of phenolic OH excluding ortho intramolecular Hbond substituents is 1. The second kappa shape index (κ2) is 11.1. The van der Waals surface area contributed by atoms with Gasteiger partial charge < -0.3 is 33.9 Å². The van der Waals surface area contributed by atoms with Gasteiger partial charge in [0.05, 0.1) is 26.4 Å². The molecule has 1 saturated heterocycles. The average molecular weight is 439 g/mol. The van der Waals surface area contributed by atoms with E-state index in [0.29, 0.717) is 19.5 Å².